The number of aromatic nitrogens is 2. The maximum Gasteiger partial charge on any atom is 0.0970 e. The Hall–Kier alpha value is -1.09. The maximum absolute atomic E-state index is 4.36. The molecular weight excluding hydrogens is 204 g/mol. The normalized spacial score (nSPS) is 13.0. The topological polar surface area (TPSA) is 17.8 Å². The lowest BCUT2D eigenvalue weighted by Crippen LogP contribution is -2.08. The van der Waals surface area contributed by atoms with Crippen molar-refractivity contribution in [1.82, 2.24) is 9.55 Å². The molecule has 0 spiro atoms. The van der Waals surface area contributed by atoms with Crippen molar-refractivity contribution in [3.63, 3.8) is 0 Å². The van der Waals surface area contributed by atoms with E-state index < -0.39 is 0 Å². The van der Waals surface area contributed by atoms with Crippen LogP contribution in [0, 0.1) is 13.8 Å². The zero-order valence-corrected chi connectivity index (χ0v) is 10.2. The van der Waals surface area contributed by atoms with Crippen molar-refractivity contribution in [3.8, 4) is 0 Å². The van der Waals surface area contributed by atoms with Gasteiger partial charge in [-0.05, 0) is 26.0 Å². The molecule has 0 aromatic carbocycles. The maximum atomic E-state index is 4.36. The van der Waals surface area contributed by atoms with E-state index in [1.165, 1.54) is 16.4 Å². The molecule has 0 fully saturated rings. The predicted molar refractivity (Wildman–Crippen MR) is 64.4 cm³/mol. The Morgan fingerprint density at radius 1 is 1.33 bits per heavy atom. The Morgan fingerprint density at radius 3 is 2.53 bits per heavy atom. The first kappa shape index (κ1) is 10.4. The van der Waals surface area contributed by atoms with Gasteiger partial charge >= 0.3 is 0 Å². The SMILES string of the molecule is Cc1ccc(C)n1CC(C)c1nccs1. The summed E-state index contributed by atoms with van der Waals surface area (Å²) in [6.07, 6.45) is 1.88. The van der Waals surface area contributed by atoms with Gasteiger partial charge < -0.3 is 4.57 Å². The van der Waals surface area contributed by atoms with Crippen LogP contribution in [-0.4, -0.2) is 9.55 Å². The van der Waals surface area contributed by atoms with Crippen LogP contribution >= 0.6 is 11.3 Å². The highest BCUT2D eigenvalue weighted by molar-refractivity contribution is 7.09. The molecule has 2 nitrogen and oxygen atoms in total. The van der Waals surface area contributed by atoms with Gasteiger partial charge in [-0.2, -0.15) is 0 Å². The van der Waals surface area contributed by atoms with E-state index in [2.05, 4.69) is 42.5 Å². The first-order valence-corrected chi connectivity index (χ1v) is 6.08. The van der Waals surface area contributed by atoms with Crippen molar-refractivity contribution in [2.24, 2.45) is 0 Å². The zero-order chi connectivity index (χ0) is 10.8. The Kier molecular flexibility index (Phi) is 2.91. The van der Waals surface area contributed by atoms with Gasteiger partial charge in [0.05, 0.1) is 5.01 Å². The Balaban J connectivity index is 2.16. The van der Waals surface area contributed by atoms with E-state index in [4.69, 9.17) is 0 Å². The number of hydrogen-bond acceptors (Lipinski definition) is 2. The molecule has 0 saturated heterocycles. The molecule has 2 heterocycles. The molecular formula is C12H16N2S. The molecule has 0 aliphatic heterocycles. The van der Waals surface area contributed by atoms with Crippen molar-refractivity contribution in [2.45, 2.75) is 33.2 Å². The van der Waals surface area contributed by atoms with Gasteiger partial charge in [-0.15, -0.1) is 11.3 Å². The first-order valence-electron chi connectivity index (χ1n) is 5.20. The van der Waals surface area contributed by atoms with Crippen LogP contribution in [0.2, 0.25) is 0 Å². The van der Waals surface area contributed by atoms with E-state index in [1.54, 1.807) is 11.3 Å². The second-order valence-corrected chi connectivity index (χ2v) is 4.92. The molecule has 2 aromatic heterocycles. The van der Waals surface area contributed by atoms with Crippen molar-refractivity contribution >= 4 is 11.3 Å². The molecule has 1 atom stereocenters. The second-order valence-electron chi connectivity index (χ2n) is 4.00. The summed E-state index contributed by atoms with van der Waals surface area (Å²) in [6, 6.07) is 4.34. The second kappa shape index (κ2) is 4.19. The fourth-order valence-electron chi connectivity index (χ4n) is 1.82. The van der Waals surface area contributed by atoms with E-state index >= 15 is 0 Å². The lowest BCUT2D eigenvalue weighted by atomic mass is 10.2. The Morgan fingerprint density at radius 2 is 2.00 bits per heavy atom. The van der Waals surface area contributed by atoms with Gasteiger partial charge in [0, 0.05) is 35.4 Å². The predicted octanol–water partition coefficient (Wildman–Crippen LogP) is 3.37. The van der Waals surface area contributed by atoms with Crippen molar-refractivity contribution in [3.05, 3.63) is 40.1 Å². The standard InChI is InChI=1S/C12H16N2S/c1-9(12-13-6-7-15-12)8-14-10(2)4-5-11(14)3/h4-7,9H,8H2,1-3H3. The van der Waals surface area contributed by atoms with Gasteiger partial charge in [-0.3, -0.25) is 0 Å². The number of nitrogens with zero attached hydrogens (tertiary/aromatic N) is 2. The Bertz CT molecular complexity index is 409. The summed E-state index contributed by atoms with van der Waals surface area (Å²) in [5, 5.41) is 3.27. The van der Waals surface area contributed by atoms with E-state index in [1.807, 2.05) is 11.6 Å². The van der Waals surface area contributed by atoms with E-state index in [9.17, 15) is 0 Å². The monoisotopic (exact) mass is 220 g/mol. The van der Waals surface area contributed by atoms with Gasteiger partial charge in [-0.1, -0.05) is 6.92 Å². The Labute approximate surface area is 94.6 Å². The summed E-state index contributed by atoms with van der Waals surface area (Å²) >= 11 is 1.74. The lowest BCUT2D eigenvalue weighted by Gasteiger charge is -2.13. The molecule has 2 rings (SSSR count). The van der Waals surface area contributed by atoms with Crippen LogP contribution in [0.5, 0.6) is 0 Å². The summed E-state index contributed by atoms with van der Waals surface area (Å²) in [6.45, 7) is 7.57. The molecule has 80 valence electrons. The van der Waals surface area contributed by atoms with Crippen LogP contribution in [0.4, 0.5) is 0 Å². The fourth-order valence-corrected chi connectivity index (χ4v) is 2.51. The lowest BCUT2D eigenvalue weighted by molar-refractivity contribution is 0.575. The van der Waals surface area contributed by atoms with Crippen molar-refractivity contribution in [2.75, 3.05) is 0 Å². The van der Waals surface area contributed by atoms with Crippen LogP contribution in [-0.2, 0) is 6.54 Å². The van der Waals surface area contributed by atoms with E-state index in [0.29, 0.717) is 5.92 Å². The smallest absolute Gasteiger partial charge is 0.0970 e. The van der Waals surface area contributed by atoms with Crippen LogP contribution < -0.4 is 0 Å². The number of thiazole rings is 1. The summed E-state index contributed by atoms with van der Waals surface area (Å²) in [5.74, 6) is 0.495. The van der Waals surface area contributed by atoms with E-state index in [0.717, 1.165) is 6.54 Å². The van der Waals surface area contributed by atoms with Gasteiger partial charge in [-0.25, -0.2) is 4.98 Å². The molecule has 0 radical (unpaired) electrons. The fraction of sp³-hybridized carbons (Fsp3) is 0.417. The highest BCUT2D eigenvalue weighted by atomic mass is 32.1. The minimum Gasteiger partial charge on any atom is -0.348 e. The first-order chi connectivity index (χ1) is 7.18. The summed E-state index contributed by atoms with van der Waals surface area (Å²) < 4.78 is 2.35. The average molecular weight is 220 g/mol. The molecule has 1 unspecified atom stereocenters. The third-order valence-electron chi connectivity index (χ3n) is 2.75. The van der Waals surface area contributed by atoms with Gasteiger partial charge in [0.1, 0.15) is 0 Å². The third kappa shape index (κ3) is 2.12. The quantitative estimate of drug-likeness (QED) is 0.775. The third-order valence-corrected chi connectivity index (χ3v) is 3.75. The molecule has 0 aliphatic carbocycles. The highest BCUT2D eigenvalue weighted by Gasteiger charge is 2.10. The van der Waals surface area contributed by atoms with Crippen LogP contribution in [0.3, 0.4) is 0 Å². The summed E-state index contributed by atoms with van der Waals surface area (Å²) in [4.78, 5) is 4.36. The summed E-state index contributed by atoms with van der Waals surface area (Å²) in [5.41, 5.74) is 2.66. The number of rotatable bonds is 3. The molecule has 3 heteroatoms. The molecule has 0 N–H and O–H groups in total. The summed E-state index contributed by atoms with van der Waals surface area (Å²) in [7, 11) is 0. The minimum atomic E-state index is 0.495. The van der Waals surface area contributed by atoms with Gasteiger partial charge in [0.15, 0.2) is 0 Å². The largest absolute Gasteiger partial charge is 0.348 e. The molecule has 0 amide bonds. The highest BCUT2D eigenvalue weighted by Crippen LogP contribution is 2.21. The number of aryl methyl sites for hydroxylation is 2. The molecule has 0 aliphatic rings. The van der Waals surface area contributed by atoms with Gasteiger partial charge in [0.25, 0.3) is 0 Å². The average Bonchev–Trinajstić information content (AvgIpc) is 2.82. The van der Waals surface area contributed by atoms with Crippen LogP contribution in [0.15, 0.2) is 23.7 Å². The van der Waals surface area contributed by atoms with Crippen molar-refractivity contribution < 1.29 is 0 Å². The molecule has 0 bridgehead atoms. The molecule has 15 heavy (non-hydrogen) atoms. The van der Waals surface area contributed by atoms with Crippen LogP contribution in [0.25, 0.3) is 0 Å². The molecule has 0 saturated carbocycles. The zero-order valence-electron chi connectivity index (χ0n) is 9.40. The van der Waals surface area contributed by atoms with Crippen LogP contribution in [0.1, 0.15) is 29.2 Å². The molecule has 2 aromatic rings. The van der Waals surface area contributed by atoms with Gasteiger partial charge in [0.2, 0.25) is 0 Å². The minimum absolute atomic E-state index is 0.495. The van der Waals surface area contributed by atoms with Crippen molar-refractivity contribution in [1.29, 1.82) is 0 Å². The number of hydrogen-bond donors (Lipinski definition) is 0. The van der Waals surface area contributed by atoms with E-state index in [-0.39, 0.29) is 0 Å².